The van der Waals surface area contributed by atoms with Crippen LogP contribution in [0.5, 0.6) is 11.5 Å². The lowest BCUT2D eigenvalue weighted by molar-refractivity contribution is 0.399. The molecule has 3 rings (SSSR count). The van der Waals surface area contributed by atoms with Crippen molar-refractivity contribution in [3.05, 3.63) is 58.9 Å². The Kier molecular flexibility index (Phi) is 4.81. The number of rotatable bonds is 6. The Hall–Kier alpha value is -2.80. The van der Waals surface area contributed by atoms with E-state index in [4.69, 9.17) is 21.7 Å². The number of ether oxygens (including phenoxy) is 2. The summed E-state index contributed by atoms with van der Waals surface area (Å²) < 4.78 is 12.9. The highest BCUT2D eigenvalue weighted by Gasteiger charge is 2.10. The second-order valence-corrected chi connectivity index (χ2v) is 5.45. The highest BCUT2D eigenvalue weighted by Crippen LogP contribution is 2.24. The van der Waals surface area contributed by atoms with Crippen molar-refractivity contribution in [1.29, 1.82) is 0 Å². The van der Waals surface area contributed by atoms with E-state index in [9.17, 15) is 0 Å². The van der Waals surface area contributed by atoms with Gasteiger partial charge >= 0.3 is 0 Å². The monoisotopic (exact) mass is 342 g/mol. The molecule has 0 atom stereocenters. The Morgan fingerprint density at radius 2 is 1.92 bits per heavy atom. The first-order valence-corrected chi connectivity index (χ1v) is 7.81. The van der Waals surface area contributed by atoms with Gasteiger partial charge in [-0.2, -0.15) is 5.10 Å². The molecule has 0 amide bonds. The smallest absolute Gasteiger partial charge is 0.214 e. The number of methoxy groups -OCH3 is 2. The van der Waals surface area contributed by atoms with Crippen LogP contribution in [0.4, 0.5) is 0 Å². The van der Waals surface area contributed by atoms with Gasteiger partial charge in [-0.3, -0.25) is 0 Å². The first kappa shape index (κ1) is 16.1. The van der Waals surface area contributed by atoms with E-state index in [2.05, 4.69) is 15.6 Å². The van der Waals surface area contributed by atoms with Crippen molar-refractivity contribution in [3.63, 3.8) is 0 Å². The number of aromatic nitrogens is 3. The van der Waals surface area contributed by atoms with Gasteiger partial charge in [0.05, 0.1) is 20.8 Å². The first-order chi connectivity index (χ1) is 11.7. The van der Waals surface area contributed by atoms with Crippen LogP contribution in [0, 0.1) is 4.77 Å². The van der Waals surface area contributed by atoms with Crippen LogP contribution in [-0.2, 0) is 6.54 Å². The van der Waals surface area contributed by atoms with Gasteiger partial charge in [0.15, 0.2) is 5.82 Å². The molecule has 0 radical (unpaired) electrons. The molecule has 1 heterocycles. The summed E-state index contributed by atoms with van der Waals surface area (Å²) in [4.78, 5) is 0. The second kappa shape index (κ2) is 7.18. The van der Waals surface area contributed by atoms with E-state index in [-0.39, 0.29) is 0 Å². The summed E-state index contributed by atoms with van der Waals surface area (Å²) in [6.07, 6.45) is 0. The molecule has 0 saturated carbocycles. The van der Waals surface area contributed by atoms with E-state index in [0.717, 1.165) is 28.5 Å². The van der Waals surface area contributed by atoms with Gasteiger partial charge in [-0.25, -0.2) is 9.77 Å². The summed E-state index contributed by atoms with van der Waals surface area (Å²) in [5.41, 5.74) is 5.21. The van der Waals surface area contributed by atoms with Crippen molar-refractivity contribution in [3.8, 4) is 22.9 Å². The number of aromatic amines is 1. The van der Waals surface area contributed by atoms with Gasteiger partial charge in [-0.15, -0.1) is 0 Å². The molecular formula is C17H18N4O2S. The molecule has 0 aliphatic rings. The maximum Gasteiger partial charge on any atom is 0.214 e. The van der Waals surface area contributed by atoms with Crippen molar-refractivity contribution < 1.29 is 9.47 Å². The average molecular weight is 342 g/mol. The quantitative estimate of drug-likeness (QED) is 0.673. The third-order valence-corrected chi connectivity index (χ3v) is 3.89. The minimum Gasteiger partial charge on any atom is -0.497 e. The third kappa shape index (κ3) is 3.26. The largest absolute Gasteiger partial charge is 0.497 e. The van der Waals surface area contributed by atoms with Crippen LogP contribution in [0.1, 0.15) is 5.56 Å². The molecule has 1 aromatic heterocycles. The predicted molar refractivity (Wildman–Crippen MR) is 95.5 cm³/mol. The summed E-state index contributed by atoms with van der Waals surface area (Å²) in [6, 6.07) is 15.5. The maximum atomic E-state index is 5.41. The van der Waals surface area contributed by atoms with Gasteiger partial charge in [-0.1, -0.05) is 30.3 Å². The third-order valence-electron chi connectivity index (χ3n) is 3.62. The zero-order valence-electron chi connectivity index (χ0n) is 13.4. The fourth-order valence-electron chi connectivity index (χ4n) is 2.41. The Morgan fingerprint density at radius 3 is 2.62 bits per heavy atom. The molecule has 0 unspecified atom stereocenters. The van der Waals surface area contributed by atoms with Gasteiger partial charge in [0.1, 0.15) is 11.5 Å². The highest BCUT2D eigenvalue weighted by atomic mass is 32.1. The summed E-state index contributed by atoms with van der Waals surface area (Å²) in [7, 11) is 3.28. The molecule has 0 aliphatic carbocycles. The summed E-state index contributed by atoms with van der Waals surface area (Å²) in [6.45, 7) is 0.508. The topological polar surface area (TPSA) is 64.1 Å². The number of nitrogens with one attached hydrogen (secondary N) is 2. The van der Waals surface area contributed by atoms with Crippen LogP contribution in [0.3, 0.4) is 0 Å². The van der Waals surface area contributed by atoms with Gasteiger partial charge in [-0.05, 0) is 30.4 Å². The van der Waals surface area contributed by atoms with Gasteiger partial charge < -0.3 is 14.9 Å². The van der Waals surface area contributed by atoms with Gasteiger partial charge in [0.2, 0.25) is 4.77 Å². The number of hydrogen-bond donors (Lipinski definition) is 2. The molecule has 0 spiro atoms. The fourth-order valence-corrected chi connectivity index (χ4v) is 2.61. The van der Waals surface area contributed by atoms with Crippen molar-refractivity contribution in [2.75, 3.05) is 19.6 Å². The van der Waals surface area contributed by atoms with Crippen molar-refractivity contribution in [1.82, 2.24) is 14.9 Å². The van der Waals surface area contributed by atoms with E-state index in [1.807, 2.05) is 48.5 Å². The van der Waals surface area contributed by atoms with Crippen LogP contribution >= 0.6 is 12.2 Å². The Labute approximate surface area is 145 Å². The summed E-state index contributed by atoms with van der Waals surface area (Å²) in [5, 5.41) is 7.12. The van der Waals surface area contributed by atoms with Crippen LogP contribution < -0.4 is 14.9 Å². The predicted octanol–water partition coefficient (Wildman–Crippen LogP) is 3.37. The molecule has 7 heteroatoms. The molecule has 124 valence electrons. The van der Waals surface area contributed by atoms with E-state index in [1.54, 1.807) is 18.9 Å². The van der Waals surface area contributed by atoms with Crippen LogP contribution in [0.2, 0.25) is 0 Å². The molecule has 2 N–H and O–H groups in total. The van der Waals surface area contributed by atoms with Crippen molar-refractivity contribution in [2.24, 2.45) is 0 Å². The van der Waals surface area contributed by atoms with Crippen LogP contribution in [0.15, 0.2) is 48.5 Å². The van der Waals surface area contributed by atoms with Crippen molar-refractivity contribution in [2.45, 2.75) is 6.54 Å². The normalized spacial score (nSPS) is 10.4. The molecule has 0 saturated heterocycles. The van der Waals surface area contributed by atoms with Gasteiger partial charge in [0.25, 0.3) is 0 Å². The first-order valence-electron chi connectivity index (χ1n) is 7.40. The van der Waals surface area contributed by atoms with E-state index in [0.29, 0.717) is 11.3 Å². The highest BCUT2D eigenvalue weighted by molar-refractivity contribution is 7.71. The lowest BCUT2D eigenvalue weighted by atomic mass is 10.2. The van der Waals surface area contributed by atoms with Crippen LogP contribution in [-0.4, -0.2) is 29.1 Å². The SMILES string of the molecule is COc1ccc(OC)c(CNn2c(-c3ccccc3)n[nH]c2=S)c1. The number of nitrogens with zero attached hydrogens (tertiary/aromatic N) is 2. The Balaban J connectivity index is 1.88. The average Bonchev–Trinajstić information content (AvgIpc) is 3.01. The fraction of sp³-hybridized carbons (Fsp3) is 0.176. The molecule has 24 heavy (non-hydrogen) atoms. The summed E-state index contributed by atoms with van der Waals surface area (Å²) in [5.74, 6) is 2.27. The standard InChI is InChI=1S/C17H18N4O2S/c1-22-14-8-9-15(23-2)13(10-14)11-18-21-16(19-20-17(21)24)12-6-4-3-5-7-12/h3-10,18H,11H2,1-2H3,(H,20,24). The summed E-state index contributed by atoms with van der Waals surface area (Å²) >= 11 is 5.32. The maximum absolute atomic E-state index is 5.41. The molecule has 0 bridgehead atoms. The molecule has 0 aliphatic heterocycles. The number of H-pyrrole nitrogens is 1. The molecule has 0 fully saturated rings. The molecule has 2 aromatic carbocycles. The zero-order chi connectivity index (χ0) is 16.9. The van der Waals surface area contributed by atoms with Crippen LogP contribution in [0.25, 0.3) is 11.4 Å². The molecular weight excluding hydrogens is 324 g/mol. The minimum absolute atomic E-state index is 0.496. The van der Waals surface area contributed by atoms with E-state index < -0.39 is 0 Å². The molecule has 6 nitrogen and oxygen atoms in total. The Morgan fingerprint density at radius 1 is 1.12 bits per heavy atom. The number of hydrogen-bond acceptors (Lipinski definition) is 5. The van der Waals surface area contributed by atoms with Gasteiger partial charge in [0, 0.05) is 11.1 Å². The lowest BCUT2D eigenvalue weighted by Gasteiger charge is -2.13. The Bertz CT molecular complexity index is 874. The van der Waals surface area contributed by atoms with Crippen molar-refractivity contribution >= 4 is 12.2 Å². The van der Waals surface area contributed by atoms with E-state index in [1.165, 1.54) is 0 Å². The second-order valence-electron chi connectivity index (χ2n) is 5.07. The molecule has 3 aromatic rings. The zero-order valence-corrected chi connectivity index (χ0v) is 14.3. The van der Waals surface area contributed by atoms with E-state index >= 15 is 0 Å². The lowest BCUT2D eigenvalue weighted by Crippen LogP contribution is -2.16. The minimum atomic E-state index is 0.496. The number of benzene rings is 2.